The van der Waals surface area contributed by atoms with Crippen LogP contribution in [0.1, 0.15) is 11.5 Å². The number of hydrogen-bond donors (Lipinski definition) is 1. The zero-order chi connectivity index (χ0) is 23.3. The highest BCUT2D eigenvalue weighted by atomic mass is 31.2. The molecule has 5 rings (SSSR count). The van der Waals surface area contributed by atoms with Gasteiger partial charge in [0.2, 0.25) is 5.89 Å². The highest BCUT2D eigenvalue weighted by Crippen LogP contribution is 2.37. The summed E-state index contributed by atoms with van der Waals surface area (Å²) in [4.78, 5) is 30.2. The van der Waals surface area contributed by atoms with Crippen molar-refractivity contribution in [3.8, 4) is 11.5 Å². The Morgan fingerprint density at radius 1 is 1.36 bits per heavy atom. The van der Waals surface area contributed by atoms with E-state index in [4.69, 9.17) is 13.7 Å². The minimum atomic E-state index is -3.70. The number of carbonyl (C=O) groups excluding carboxylic acids is 1. The molecular formula is C18H19FN7O6P. The molecule has 2 aliphatic heterocycles. The Balaban J connectivity index is 1.29. The number of oxazole rings is 1. The van der Waals surface area contributed by atoms with Gasteiger partial charge >= 0.3 is 13.7 Å². The summed E-state index contributed by atoms with van der Waals surface area (Å²) in [5, 5.41) is 11.9. The van der Waals surface area contributed by atoms with Crippen molar-refractivity contribution in [3.63, 3.8) is 0 Å². The van der Waals surface area contributed by atoms with Crippen molar-refractivity contribution in [2.75, 3.05) is 29.6 Å². The molecule has 1 fully saturated rings. The van der Waals surface area contributed by atoms with E-state index >= 15 is 0 Å². The van der Waals surface area contributed by atoms with Crippen LogP contribution in [-0.2, 0) is 34.0 Å². The lowest BCUT2D eigenvalue weighted by Gasteiger charge is -2.14. The van der Waals surface area contributed by atoms with Crippen LogP contribution in [0.2, 0.25) is 0 Å². The number of carbonyl (C=O) groups is 1. The van der Waals surface area contributed by atoms with E-state index in [1.165, 1.54) is 21.8 Å². The van der Waals surface area contributed by atoms with Crippen molar-refractivity contribution in [3.05, 3.63) is 35.5 Å². The lowest BCUT2D eigenvalue weighted by Crippen LogP contribution is -2.25. The molecule has 174 valence electrons. The van der Waals surface area contributed by atoms with Crippen LogP contribution in [0.15, 0.2) is 22.6 Å². The van der Waals surface area contributed by atoms with E-state index in [9.17, 15) is 18.6 Å². The van der Waals surface area contributed by atoms with E-state index in [1.807, 2.05) is 4.90 Å². The molecule has 0 saturated carbocycles. The standard InChI is InChI=1S/C18H19FN7O6P/c1-24-22-17(21-23-24)25-7-14-15(8-25)32-16(20-14)12-4-3-10(5-13(12)19)26-6-11(31-18(26)27)9-30-33(2,28)29/h3-5,11H,6-9H2,1-2H3,(H,28,29)/t11-/m1/s1. The number of hydrogen-bond acceptors (Lipinski definition) is 10. The molecule has 1 aromatic carbocycles. The van der Waals surface area contributed by atoms with Crippen LogP contribution < -0.4 is 9.80 Å². The Bertz CT molecular complexity index is 1250. The van der Waals surface area contributed by atoms with Crippen LogP contribution >= 0.6 is 7.60 Å². The molecule has 2 aliphatic rings. The Hall–Kier alpha value is -3.35. The minimum Gasteiger partial charge on any atom is -0.441 e. The fourth-order valence-electron chi connectivity index (χ4n) is 3.58. The lowest BCUT2D eigenvalue weighted by atomic mass is 10.1. The quantitative estimate of drug-likeness (QED) is 0.515. The number of halogens is 1. The molecule has 13 nitrogen and oxygen atoms in total. The number of cyclic esters (lactones) is 1. The minimum absolute atomic E-state index is 0.0527. The molecule has 33 heavy (non-hydrogen) atoms. The van der Waals surface area contributed by atoms with Gasteiger partial charge < -0.3 is 23.5 Å². The smallest absolute Gasteiger partial charge is 0.414 e. The summed E-state index contributed by atoms with van der Waals surface area (Å²) in [5.74, 6) is 0.544. The SMILES string of the molecule is Cn1nnc(N2Cc3nc(-c4ccc(N5C[C@H](COP(C)(=O)O)OC5=O)cc4F)oc3C2)n1. The summed E-state index contributed by atoms with van der Waals surface area (Å²) in [6, 6.07) is 4.20. The largest absolute Gasteiger partial charge is 0.441 e. The molecule has 3 aromatic rings. The van der Waals surface area contributed by atoms with Crippen molar-refractivity contribution in [2.45, 2.75) is 19.2 Å². The van der Waals surface area contributed by atoms with E-state index < -0.39 is 25.6 Å². The van der Waals surface area contributed by atoms with Crippen LogP contribution in [0.5, 0.6) is 0 Å². The topological polar surface area (TPSA) is 149 Å². The number of aryl methyl sites for hydroxylation is 1. The maximum Gasteiger partial charge on any atom is 0.414 e. The number of amides is 1. The summed E-state index contributed by atoms with van der Waals surface area (Å²) in [6.07, 6.45) is -1.45. The van der Waals surface area contributed by atoms with Crippen LogP contribution in [0, 0.1) is 5.82 Å². The molecule has 15 heteroatoms. The molecule has 4 heterocycles. The lowest BCUT2D eigenvalue weighted by molar-refractivity contribution is 0.100. The van der Waals surface area contributed by atoms with E-state index in [0.29, 0.717) is 30.5 Å². The van der Waals surface area contributed by atoms with Crippen molar-refractivity contribution in [1.82, 2.24) is 25.2 Å². The Labute approximate surface area is 186 Å². The van der Waals surface area contributed by atoms with Crippen molar-refractivity contribution in [1.29, 1.82) is 0 Å². The summed E-state index contributed by atoms with van der Waals surface area (Å²) in [5.41, 5.74) is 1.08. The van der Waals surface area contributed by atoms with Gasteiger partial charge in [0.25, 0.3) is 5.95 Å². The van der Waals surface area contributed by atoms with E-state index in [0.717, 1.165) is 6.66 Å². The Morgan fingerprint density at radius 3 is 2.85 bits per heavy atom. The number of ether oxygens (including phenoxy) is 1. The average Bonchev–Trinajstić information content (AvgIpc) is 3.49. The third-order valence-corrected chi connectivity index (χ3v) is 5.73. The first kappa shape index (κ1) is 21.5. The van der Waals surface area contributed by atoms with Gasteiger partial charge in [-0.25, -0.2) is 14.2 Å². The fraction of sp³-hybridized carbons (Fsp3) is 0.389. The molecular weight excluding hydrogens is 460 g/mol. The molecule has 0 bridgehead atoms. The monoisotopic (exact) mass is 479 g/mol. The van der Waals surface area contributed by atoms with Gasteiger partial charge in [0.15, 0.2) is 0 Å². The molecule has 0 spiro atoms. The maximum absolute atomic E-state index is 14.9. The van der Waals surface area contributed by atoms with Crippen molar-refractivity contribution < 1.29 is 32.3 Å². The first-order chi connectivity index (χ1) is 15.7. The van der Waals surface area contributed by atoms with Gasteiger partial charge in [-0.15, -0.1) is 5.10 Å². The molecule has 0 aliphatic carbocycles. The van der Waals surface area contributed by atoms with Gasteiger partial charge in [-0.2, -0.15) is 4.80 Å². The van der Waals surface area contributed by atoms with E-state index in [-0.39, 0.29) is 30.3 Å². The second kappa shape index (κ2) is 7.90. The Morgan fingerprint density at radius 2 is 2.18 bits per heavy atom. The predicted octanol–water partition coefficient (Wildman–Crippen LogP) is 1.68. The average molecular weight is 479 g/mol. The summed E-state index contributed by atoms with van der Waals surface area (Å²) in [7, 11) is -2.03. The first-order valence-electron chi connectivity index (χ1n) is 9.86. The van der Waals surface area contributed by atoms with Crippen LogP contribution in [0.25, 0.3) is 11.5 Å². The summed E-state index contributed by atoms with van der Waals surface area (Å²) >= 11 is 0. The molecule has 2 aromatic heterocycles. The third-order valence-electron chi connectivity index (χ3n) is 5.10. The zero-order valence-electron chi connectivity index (χ0n) is 17.6. The normalized spacial score (nSPS) is 19.6. The predicted molar refractivity (Wildman–Crippen MR) is 110 cm³/mol. The molecule has 1 amide bonds. The molecule has 1 unspecified atom stereocenters. The number of aromatic nitrogens is 5. The number of tetrazole rings is 1. The Kier molecular flexibility index (Phi) is 5.15. The second-order valence-corrected chi connectivity index (χ2v) is 9.57. The van der Waals surface area contributed by atoms with Gasteiger partial charge in [0.1, 0.15) is 23.4 Å². The van der Waals surface area contributed by atoms with Gasteiger partial charge in [0, 0.05) is 6.66 Å². The second-order valence-electron chi connectivity index (χ2n) is 7.70. The molecule has 0 radical (unpaired) electrons. The van der Waals surface area contributed by atoms with Gasteiger partial charge in [-0.1, -0.05) is 5.10 Å². The third kappa shape index (κ3) is 4.32. The number of anilines is 2. The summed E-state index contributed by atoms with van der Waals surface area (Å²) in [6.45, 7) is 1.65. The van der Waals surface area contributed by atoms with Crippen molar-refractivity contribution in [2.24, 2.45) is 7.05 Å². The van der Waals surface area contributed by atoms with Gasteiger partial charge in [0.05, 0.1) is 44.5 Å². The number of fused-ring (bicyclic) bond motifs is 1. The molecule has 1 N–H and O–H groups in total. The zero-order valence-corrected chi connectivity index (χ0v) is 18.5. The highest BCUT2D eigenvalue weighted by Gasteiger charge is 2.34. The van der Waals surface area contributed by atoms with Gasteiger partial charge in [-0.05, 0) is 23.4 Å². The number of benzene rings is 1. The fourth-order valence-corrected chi connectivity index (χ4v) is 4.03. The van der Waals surface area contributed by atoms with E-state index in [2.05, 4.69) is 20.4 Å². The highest BCUT2D eigenvalue weighted by molar-refractivity contribution is 7.51. The van der Waals surface area contributed by atoms with Crippen LogP contribution in [0.3, 0.4) is 0 Å². The summed E-state index contributed by atoms with van der Waals surface area (Å²) < 4.78 is 41.9. The number of rotatable bonds is 6. The molecule has 1 saturated heterocycles. The molecule has 2 atom stereocenters. The van der Waals surface area contributed by atoms with Crippen molar-refractivity contribution >= 4 is 25.3 Å². The van der Waals surface area contributed by atoms with Crippen LogP contribution in [-0.4, -0.2) is 62.1 Å². The maximum atomic E-state index is 14.9. The number of nitrogens with zero attached hydrogens (tertiary/aromatic N) is 7. The van der Waals surface area contributed by atoms with E-state index in [1.54, 1.807) is 13.1 Å². The van der Waals surface area contributed by atoms with Gasteiger partial charge in [-0.3, -0.25) is 9.46 Å². The van der Waals surface area contributed by atoms with Crippen LogP contribution in [0.4, 0.5) is 20.8 Å². The first-order valence-corrected chi connectivity index (χ1v) is 11.9.